The summed E-state index contributed by atoms with van der Waals surface area (Å²) in [6.45, 7) is 0.159. The van der Waals surface area contributed by atoms with Gasteiger partial charge < -0.3 is 10.4 Å². The van der Waals surface area contributed by atoms with Crippen molar-refractivity contribution in [3.63, 3.8) is 0 Å². The first-order valence-corrected chi connectivity index (χ1v) is 6.20. The van der Waals surface area contributed by atoms with Crippen molar-refractivity contribution in [1.82, 2.24) is 10.2 Å². The summed E-state index contributed by atoms with van der Waals surface area (Å²) < 4.78 is 0. The van der Waals surface area contributed by atoms with Gasteiger partial charge in [-0.1, -0.05) is 24.4 Å². The highest BCUT2D eigenvalue weighted by atomic mass is 35.5. The van der Waals surface area contributed by atoms with Crippen molar-refractivity contribution < 1.29 is 5.11 Å². The average molecular weight is 258 g/mol. The summed E-state index contributed by atoms with van der Waals surface area (Å²) in [6.07, 6.45) is 5.76. The highest BCUT2D eigenvalue weighted by molar-refractivity contribution is 6.32. The molecule has 17 heavy (non-hydrogen) atoms. The van der Waals surface area contributed by atoms with Gasteiger partial charge >= 0.3 is 0 Å². The van der Waals surface area contributed by atoms with Gasteiger partial charge in [0.25, 0.3) is 5.56 Å². The van der Waals surface area contributed by atoms with Crippen LogP contribution in [0, 0.1) is 5.92 Å². The molecule has 3 N–H and O–H groups in total. The van der Waals surface area contributed by atoms with E-state index in [0.717, 1.165) is 25.7 Å². The minimum Gasteiger partial charge on any atom is -0.396 e. The molecule has 1 saturated carbocycles. The molecule has 0 saturated heterocycles. The van der Waals surface area contributed by atoms with Crippen molar-refractivity contribution in [3.8, 4) is 0 Å². The van der Waals surface area contributed by atoms with Crippen LogP contribution in [0.4, 0.5) is 5.69 Å². The Morgan fingerprint density at radius 2 is 2.29 bits per heavy atom. The maximum Gasteiger partial charge on any atom is 0.285 e. The first kappa shape index (κ1) is 12.4. The summed E-state index contributed by atoms with van der Waals surface area (Å²) in [4.78, 5) is 11.3. The van der Waals surface area contributed by atoms with Crippen LogP contribution in [-0.4, -0.2) is 28.0 Å². The topological polar surface area (TPSA) is 78.0 Å². The van der Waals surface area contributed by atoms with E-state index in [-0.39, 0.29) is 23.6 Å². The van der Waals surface area contributed by atoms with Gasteiger partial charge in [-0.2, -0.15) is 5.10 Å². The van der Waals surface area contributed by atoms with Crippen LogP contribution in [0.5, 0.6) is 0 Å². The molecule has 0 spiro atoms. The first-order chi connectivity index (χ1) is 8.22. The Labute approximate surface area is 104 Å². The lowest BCUT2D eigenvalue weighted by molar-refractivity contribution is 0.178. The van der Waals surface area contributed by atoms with Gasteiger partial charge in [-0.25, -0.2) is 5.10 Å². The van der Waals surface area contributed by atoms with Crippen LogP contribution >= 0.6 is 11.6 Å². The number of hydrogen-bond acceptors (Lipinski definition) is 4. The van der Waals surface area contributed by atoms with Gasteiger partial charge in [-0.3, -0.25) is 4.79 Å². The number of rotatable bonds is 3. The van der Waals surface area contributed by atoms with Gasteiger partial charge in [0.05, 0.1) is 11.9 Å². The molecule has 0 radical (unpaired) electrons. The quantitative estimate of drug-likeness (QED) is 0.765. The number of hydrogen-bond donors (Lipinski definition) is 3. The molecular weight excluding hydrogens is 242 g/mol. The molecule has 1 aliphatic rings. The molecule has 0 amide bonds. The molecule has 0 aromatic carbocycles. The van der Waals surface area contributed by atoms with E-state index >= 15 is 0 Å². The molecule has 0 bridgehead atoms. The predicted octanol–water partition coefficient (Wildman–Crippen LogP) is 1.39. The summed E-state index contributed by atoms with van der Waals surface area (Å²) in [5, 5.41) is 18.6. The zero-order valence-electron chi connectivity index (χ0n) is 9.45. The molecule has 2 unspecified atom stereocenters. The maximum absolute atomic E-state index is 11.3. The monoisotopic (exact) mass is 257 g/mol. The number of halogens is 1. The summed E-state index contributed by atoms with van der Waals surface area (Å²) in [5.74, 6) is 0.221. The number of aliphatic hydroxyl groups excluding tert-OH is 1. The molecule has 6 heteroatoms. The molecule has 1 aliphatic carbocycles. The van der Waals surface area contributed by atoms with Crippen molar-refractivity contribution >= 4 is 17.3 Å². The van der Waals surface area contributed by atoms with E-state index in [4.69, 9.17) is 11.6 Å². The highest BCUT2D eigenvalue weighted by Gasteiger charge is 2.25. The lowest BCUT2D eigenvalue weighted by Crippen LogP contribution is -2.34. The van der Waals surface area contributed by atoms with Gasteiger partial charge in [-0.05, 0) is 12.8 Å². The van der Waals surface area contributed by atoms with Crippen molar-refractivity contribution in [2.24, 2.45) is 5.92 Å². The first-order valence-electron chi connectivity index (χ1n) is 5.83. The second-order valence-corrected chi connectivity index (χ2v) is 4.78. The number of nitrogens with one attached hydrogen (secondary N) is 2. The zero-order chi connectivity index (χ0) is 12.3. The third kappa shape index (κ3) is 2.79. The molecule has 1 fully saturated rings. The smallest absolute Gasteiger partial charge is 0.285 e. The molecule has 0 aliphatic heterocycles. The Bertz CT molecular complexity index is 435. The van der Waals surface area contributed by atoms with Crippen LogP contribution in [0.1, 0.15) is 25.7 Å². The van der Waals surface area contributed by atoms with Crippen molar-refractivity contribution in [2.45, 2.75) is 31.7 Å². The molecule has 1 heterocycles. The fraction of sp³-hybridized carbons (Fsp3) is 0.636. The van der Waals surface area contributed by atoms with Gasteiger partial charge in [0.1, 0.15) is 5.02 Å². The van der Waals surface area contributed by atoms with E-state index in [0.29, 0.717) is 5.69 Å². The molecule has 2 atom stereocenters. The largest absolute Gasteiger partial charge is 0.396 e. The average Bonchev–Trinajstić information content (AvgIpc) is 2.35. The fourth-order valence-corrected chi connectivity index (χ4v) is 2.45. The van der Waals surface area contributed by atoms with E-state index in [1.54, 1.807) is 0 Å². The van der Waals surface area contributed by atoms with Crippen LogP contribution in [0.3, 0.4) is 0 Å². The van der Waals surface area contributed by atoms with Gasteiger partial charge in [0.15, 0.2) is 0 Å². The number of H-pyrrole nitrogens is 1. The Hall–Kier alpha value is -1.07. The lowest BCUT2D eigenvalue weighted by atomic mass is 9.85. The highest BCUT2D eigenvalue weighted by Crippen LogP contribution is 2.28. The lowest BCUT2D eigenvalue weighted by Gasteiger charge is -2.31. The maximum atomic E-state index is 11.3. The van der Waals surface area contributed by atoms with Crippen LogP contribution in [0.25, 0.3) is 0 Å². The number of anilines is 1. The Kier molecular flexibility index (Phi) is 4.02. The third-order valence-corrected chi connectivity index (χ3v) is 3.66. The van der Waals surface area contributed by atoms with Crippen LogP contribution < -0.4 is 10.9 Å². The van der Waals surface area contributed by atoms with Crippen molar-refractivity contribution in [1.29, 1.82) is 0 Å². The third-order valence-electron chi connectivity index (χ3n) is 3.28. The molecule has 5 nitrogen and oxygen atoms in total. The Morgan fingerprint density at radius 1 is 1.53 bits per heavy atom. The van der Waals surface area contributed by atoms with Gasteiger partial charge in [0, 0.05) is 18.6 Å². The van der Waals surface area contributed by atoms with Crippen molar-refractivity contribution in [2.75, 3.05) is 11.9 Å². The molecule has 94 valence electrons. The summed E-state index contributed by atoms with van der Waals surface area (Å²) >= 11 is 5.89. The van der Waals surface area contributed by atoms with Crippen LogP contribution in [-0.2, 0) is 0 Å². The number of nitrogens with zero attached hydrogens (tertiary/aromatic N) is 1. The van der Waals surface area contributed by atoms with Crippen molar-refractivity contribution in [3.05, 3.63) is 21.6 Å². The molecular formula is C11H16ClN3O2. The Balaban J connectivity index is 2.13. The zero-order valence-corrected chi connectivity index (χ0v) is 10.2. The number of aliphatic hydroxyl groups is 1. The van der Waals surface area contributed by atoms with Gasteiger partial charge in [-0.15, -0.1) is 0 Å². The fourth-order valence-electron chi connectivity index (χ4n) is 2.30. The second kappa shape index (κ2) is 5.51. The minimum atomic E-state index is -0.395. The molecule has 2 rings (SSSR count). The van der Waals surface area contributed by atoms with E-state index in [2.05, 4.69) is 15.5 Å². The SMILES string of the molecule is O=c1[nH]ncc(NC2CCCCC2CO)c1Cl. The summed E-state index contributed by atoms with van der Waals surface area (Å²) in [5.41, 5.74) is 0.147. The number of aromatic amines is 1. The van der Waals surface area contributed by atoms with E-state index in [9.17, 15) is 9.90 Å². The minimum absolute atomic E-state index is 0.127. The van der Waals surface area contributed by atoms with Gasteiger partial charge in [0.2, 0.25) is 0 Å². The van der Waals surface area contributed by atoms with Crippen LogP contribution in [0.15, 0.2) is 11.0 Å². The molecule has 1 aromatic heterocycles. The molecule has 1 aromatic rings. The summed E-state index contributed by atoms with van der Waals surface area (Å²) in [7, 11) is 0. The second-order valence-electron chi connectivity index (χ2n) is 4.40. The number of aromatic nitrogens is 2. The standard InChI is InChI=1S/C11H16ClN3O2/c12-10-9(5-13-15-11(10)17)14-8-4-2-1-3-7(8)6-16/h5,7-8,16H,1-4,6H2,(H2,14,15,17). The Morgan fingerprint density at radius 3 is 3.06 bits per heavy atom. The van der Waals surface area contributed by atoms with Crippen LogP contribution in [0.2, 0.25) is 5.02 Å². The predicted molar refractivity (Wildman–Crippen MR) is 66.3 cm³/mol. The van der Waals surface area contributed by atoms with E-state index < -0.39 is 5.56 Å². The normalized spacial score (nSPS) is 24.6. The van der Waals surface area contributed by atoms with E-state index in [1.807, 2.05) is 0 Å². The van der Waals surface area contributed by atoms with E-state index in [1.165, 1.54) is 6.20 Å². The summed E-state index contributed by atoms with van der Waals surface area (Å²) in [6, 6.07) is 0.162.